The molecule has 0 amide bonds. The number of hydrogen-bond acceptors (Lipinski definition) is 4. The lowest BCUT2D eigenvalue weighted by Crippen LogP contribution is -2.07. The van der Waals surface area contributed by atoms with Crippen LogP contribution in [-0.4, -0.2) is 26.8 Å². The third-order valence-electron chi connectivity index (χ3n) is 3.03. The van der Waals surface area contributed by atoms with E-state index in [9.17, 15) is 0 Å². The van der Waals surface area contributed by atoms with Gasteiger partial charge in [0.25, 0.3) is 0 Å². The highest BCUT2D eigenvalue weighted by molar-refractivity contribution is 5.53. The Bertz CT molecular complexity index is 559. The van der Waals surface area contributed by atoms with E-state index in [1.807, 2.05) is 30.1 Å². The molecule has 0 unspecified atom stereocenters. The maximum atomic E-state index is 4.69. The van der Waals surface area contributed by atoms with Crippen molar-refractivity contribution in [1.82, 2.24) is 19.7 Å². The average Bonchev–Trinajstić information content (AvgIpc) is 2.86. The van der Waals surface area contributed by atoms with Crippen molar-refractivity contribution in [3.8, 4) is 11.5 Å². The van der Waals surface area contributed by atoms with Crippen LogP contribution in [0.3, 0.4) is 0 Å². The Labute approximate surface area is 120 Å². The second-order valence-corrected chi connectivity index (χ2v) is 5.36. The number of rotatable bonds is 6. The van der Waals surface area contributed by atoms with Gasteiger partial charge in [0.05, 0.1) is 0 Å². The highest BCUT2D eigenvalue weighted by atomic mass is 15.3. The number of hydrogen-bond donors (Lipinski definition) is 1. The maximum absolute atomic E-state index is 4.69. The lowest BCUT2D eigenvalue weighted by molar-refractivity contribution is 0.605. The molecule has 2 rings (SSSR count). The summed E-state index contributed by atoms with van der Waals surface area (Å²) in [7, 11) is 1.88. The quantitative estimate of drug-likeness (QED) is 0.879. The highest BCUT2D eigenvalue weighted by Crippen LogP contribution is 2.19. The first-order chi connectivity index (χ1) is 9.63. The van der Waals surface area contributed by atoms with Crippen molar-refractivity contribution in [2.24, 2.45) is 5.92 Å². The van der Waals surface area contributed by atoms with Crippen molar-refractivity contribution >= 4 is 5.82 Å². The lowest BCUT2D eigenvalue weighted by atomic mass is 10.1. The number of nitrogens with zero attached hydrogens (tertiary/aromatic N) is 4. The predicted molar refractivity (Wildman–Crippen MR) is 81.6 cm³/mol. The van der Waals surface area contributed by atoms with Gasteiger partial charge in [0, 0.05) is 31.5 Å². The molecule has 0 bridgehead atoms. The van der Waals surface area contributed by atoms with E-state index in [4.69, 9.17) is 4.98 Å². The van der Waals surface area contributed by atoms with Crippen LogP contribution in [0.15, 0.2) is 18.3 Å². The van der Waals surface area contributed by atoms with Gasteiger partial charge < -0.3 is 5.32 Å². The van der Waals surface area contributed by atoms with Gasteiger partial charge in [-0.3, -0.25) is 4.68 Å². The minimum Gasteiger partial charge on any atom is -0.373 e. The molecule has 0 spiro atoms. The van der Waals surface area contributed by atoms with Crippen molar-refractivity contribution in [1.29, 1.82) is 0 Å². The molecular weight excluding hydrogens is 250 g/mol. The van der Waals surface area contributed by atoms with Gasteiger partial charge in [-0.15, -0.1) is 0 Å². The molecule has 2 aromatic heterocycles. The van der Waals surface area contributed by atoms with E-state index in [-0.39, 0.29) is 0 Å². The maximum Gasteiger partial charge on any atom is 0.180 e. The first kappa shape index (κ1) is 14.5. The molecule has 5 nitrogen and oxygen atoms in total. The molecule has 0 saturated heterocycles. The molecule has 5 heteroatoms. The van der Waals surface area contributed by atoms with Gasteiger partial charge in [-0.05, 0) is 24.8 Å². The number of aromatic nitrogens is 4. The predicted octanol–water partition coefficient (Wildman–Crippen LogP) is 2.99. The summed E-state index contributed by atoms with van der Waals surface area (Å²) in [5.74, 6) is 2.18. The Morgan fingerprint density at radius 3 is 2.75 bits per heavy atom. The average molecular weight is 273 g/mol. The van der Waals surface area contributed by atoms with E-state index in [0.717, 1.165) is 42.4 Å². The molecule has 0 fully saturated rings. The molecule has 0 aliphatic heterocycles. The van der Waals surface area contributed by atoms with E-state index in [0.29, 0.717) is 5.92 Å². The van der Waals surface area contributed by atoms with Crippen molar-refractivity contribution in [2.75, 3.05) is 12.4 Å². The summed E-state index contributed by atoms with van der Waals surface area (Å²) in [6.07, 6.45) is 3.80. The van der Waals surface area contributed by atoms with Crippen molar-refractivity contribution in [2.45, 2.75) is 40.2 Å². The second-order valence-electron chi connectivity index (χ2n) is 5.36. The third kappa shape index (κ3) is 3.35. The van der Waals surface area contributed by atoms with Crippen LogP contribution in [0.2, 0.25) is 0 Å². The topological polar surface area (TPSA) is 55.6 Å². The molecule has 0 atom stereocenters. The third-order valence-corrected chi connectivity index (χ3v) is 3.03. The van der Waals surface area contributed by atoms with Gasteiger partial charge >= 0.3 is 0 Å². The number of anilines is 1. The van der Waals surface area contributed by atoms with Crippen LogP contribution in [0.4, 0.5) is 5.82 Å². The summed E-state index contributed by atoms with van der Waals surface area (Å²) in [5, 5.41) is 7.46. The highest BCUT2D eigenvalue weighted by Gasteiger charge is 2.11. The van der Waals surface area contributed by atoms with E-state index in [1.54, 1.807) is 0 Å². The van der Waals surface area contributed by atoms with Crippen LogP contribution < -0.4 is 5.32 Å². The molecule has 0 saturated carbocycles. The van der Waals surface area contributed by atoms with Crippen molar-refractivity contribution in [3.05, 3.63) is 24.0 Å². The van der Waals surface area contributed by atoms with E-state index in [1.165, 1.54) is 0 Å². The zero-order valence-corrected chi connectivity index (χ0v) is 12.7. The normalized spacial score (nSPS) is 11.1. The number of nitrogens with one attached hydrogen (secondary N) is 1. The molecule has 2 heterocycles. The van der Waals surface area contributed by atoms with E-state index >= 15 is 0 Å². The summed E-state index contributed by atoms with van der Waals surface area (Å²) in [4.78, 5) is 9.26. The Morgan fingerprint density at radius 1 is 1.30 bits per heavy atom. The van der Waals surface area contributed by atoms with Crippen LogP contribution in [-0.2, 0) is 13.0 Å². The largest absolute Gasteiger partial charge is 0.373 e. The molecular formula is C15H23N5. The summed E-state index contributed by atoms with van der Waals surface area (Å²) in [6.45, 7) is 7.42. The Balaban J connectivity index is 2.41. The molecule has 0 aliphatic rings. The summed E-state index contributed by atoms with van der Waals surface area (Å²) in [6, 6.07) is 3.99. The molecule has 20 heavy (non-hydrogen) atoms. The smallest absolute Gasteiger partial charge is 0.180 e. The van der Waals surface area contributed by atoms with Gasteiger partial charge in [-0.1, -0.05) is 20.8 Å². The monoisotopic (exact) mass is 273 g/mol. The Hall–Kier alpha value is -1.91. The Morgan fingerprint density at radius 2 is 2.10 bits per heavy atom. The summed E-state index contributed by atoms with van der Waals surface area (Å²) < 4.78 is 1.97. The van der Waals surface area contributed by atoms with Gasteiger partial charge in [0.1, 0.15) is 11.5 Å². The van der Waals surface area contributed by atoms with Gasteiger partial charge in [0.2, 0.25) is 0 Å². The van der Waals surface area contributed by atoms with Gasteiger partial charge in [0.15, 0.2) is 5.82 Å². The van der Waals surface area contributed by atoms with Crippen LogP contribution in [0, 0.1) is 5.92 Å². The van der Waals surface area contributed by atoms with Crippen LogP contribution in [0.1, 0.15) is 32.9 Å². The van der Waals surface area contributed by atoms with Gasteiger partial charge in [-0.2, -0.15) is 5.10 Å². The first-order valence-corrected chi connectivity index (χ1v) is 7.22. The minimum absolute atomic E-state index is 0.572. The SMILES string of the molecule is CCCn1nccc1-c1nc(CC(C)C)cc(NC)n1. The van der Waals surface area contributed by atoms with E-state index < -0.39 is 0 Å². The standard InChI is InChI=1S/C15H23N5/c1-5-8-20-13(6-7-17-20)15-18-12(9-11(2)3)10-14(16-4)19-15/h6-7,10-11H,5,8-9H2,1-4H3,(H,16,18,19). The first-order valence-electron chi connectivity index (χ1n) is 7.22. The summed E-state index contributed by atoms with van der Waals surface area (Å²) in [5.41, 5.74) is 2.05. The minimum atomic E-state index is 0.572. The fourth-order valence-electron chi connectivity index (χ4n) is 2.18. The lowest BCUT2D eigenvalue weighted by Gasteiger charge is -2.10. The zero-order valence-electron chi connectivity index (χ0n) is 12.7. The van der Waals surface area contributed by atoms with Crippen LogP contribution in [0.25, 0.3) is 11.5 Å². The van der Waals surface area contributed by atoms with Crippen molar-refractivity contribution < 1.29 is 0 Å². The second kappa shape index (κ2) is 6.50. The molecule has 0 aliphatic carbocycles. The molecule has 108 valence electrons. The summed E-state index contributed by atoms with van der Waals surface area (Å²) >= 11 is 0. The fraction of sp³-hybridized carbons (Fsp3) is 0.533. The van der Waals surface area contributed by atoms with Crippen molar-refractivity contribution in [3.63, 3.8) is 0 Å². The molecule has 0 aromatic carbocycles. The molecule has 2 aromatic rings. The van der Waals surface area contributed by atoms with E-state index in [2.05, 4.69) is 36.2 Å². The fourth-order valence-corrected chi connectivity index (χ4v) is 2.18. The molecule has 1 N–H and O–H groups in total. The Kier molecular flexibility index (Phi) is 4.71. The number of aryl methyl sites for hydroxylation is 1. The van der Waals surface area contributed by atoms with Crippen LogP contribution in [0.5, 0.6) is 0 Å². The molecule has 0 radical (unpaired) electrons. The van der Waals surface area contributed by atoms with Crippen LogP contribution >= 0.6 is 0 Å². The van der Waals surface area contributed by atoms with Gasteiger partial charge in [-0.25, -0.2) is 9.97 Å². The zero-order chi connectivity index (χ0) is 14.5.